The molecule has 21 heavy (non-hydrogen) atoms. The summed E-state index contributed by atoms with van der Waals surface area (Å²) in [4.78, 5) is 5.03. The second kappa shape index (κ2) is 5.94. The fourth-order valence-corrected chi connectivity index (χ4v) is 4.66. The molecule has 2 N–H and O–H groups in total. The third-order valence-electron chi connectivity index (χ3n) is 3.76. The van der Waals surface area contributed by atoms with Crippen molar-refractivity contribution in [2.45, 2.75) is 51.1 Å². The Hall–Kier alpha value is -1.12. The largest absolute Gasteiger partial charge is 0.368 e. The Balaban J connectivity index is 2.52. The Morgan fingerprint density at radius 3 is 2.57 bits per heavy atom. The number of rotatable bonds is 7. The monoisotopic (exact) mass is 330 g/mol. The normalized spacial score (nSPS) is 13.0. The van der Waals surface area contributed by atoms with E-state index in [9.17, 15) is 8.42 Å². The Kier molecular flexibility index (Phi) is 4.60. The standard InChI is InChI=1S/C13H22N4O2S2/c1-5-13(4,6-2)16-21(18,19)11-10(14-7-3)15-12-17(11)8-9-20-12/h8-9,14,16H,5-7H2,1-4H3. The van der Waals surface area contributed by atoms with Gasteiger partial charge in [-0.3, -0.25) is 4.40 Å². The summed E-state index contributed by atoms with van der Waals surface area (Å²) < 4.78 is 30.1. The van der Waals surface area contributed by atoms with E-state index in [0.29, 0.717) is 17.3 Å². The van der Waals surface area contributed by atoms with Gasteiger partial charge in [0.15, 0.2) is 15.8 Å². The Morgan fingerprint density at radius 2 is 2.00 bits per heavy atom. The number of imidazole rings is 1. The van der Waals surface area contributed by atoms with Gasteiger partial charge in [-0.25, -0.2) is 18.1 Å². The van der Waals surface area contributed by atoms with Crippen molar-refractivity contribution in [2.24, 2.45) is 0 Å². The average molecular weight is 330 g/mol. The molecule has 0 spiro atoms. The molecule has 0 aromatic carbocycles. The minimum Gasteiger partial charge on any atom is -0.368 e. The van der Waals surface area contributed by atoms with Crippen molar-refractivity contribution in [1.82, 2.24) is 14.1 Å². The maximum Gasteiger partial charge on any atom is 0.260 e. The lowest BCUT2D eigenvalue weighted by Crippen LogP contribution is -2.45. The van der Waals surface area contributed by atoms with Crippen molar-refractivity contribution < 1.29 is 8.42 Å². The molecule has 0 fully saturated rings. The molecule has 0 unspecified atom stereocenters. The van der Waals surface area contributed by atoms with E-state index < -0.39 is 15.6 Å². The Labute approximate surface area is 129 Å². The van der Waals surface area contributed by atoms with Crippen molar-refractivity contribution in [1.29, 1.82) is 0 Å². The van der Waals surface area contributed by atoms with Crippen LogP contribution >= 0.6 is 11.3 Å². The molecular formula is C13H22N4O2S2. The summed E-state index contributed by atoms with van der Waals surface area (Å²) in [5, 5.41) is 5.05. The highest BCUT2D eigenvalue weighted by atomic mass is 32.2. The van der Waals surface area contributed by atoms with Gasteiger partial charge >= 0.3 is 0 Å². The highest BCUT2D eigenvalue weighted by Crippen LogP contribution is 2.27. The summed E-state index contributed by atoms with van der Waals surface area (Å²) >= 11 is 1.41. The zero-order chi connectivity index (χ0) is 15.7. The number of nitrogens with one attached hydrogen (secondary N) is 2. The van der Waals surface area contributed by atoms with E-state index in [1.807, 2.05) is 33.1 Å². The van der Waals surface area contributed by atoms with Crippen LogP contribution in [-0.4, -0.2) is 29.9 Å². The van der Waals surface area contributed by atoms with Gasteiger partial charge in [-0.15, -0.1) is 11.3 Å². The number of nitrogens with zero attached hydrogens (tertiary/aromatic N) is 2. The van der Waals surface area contributed by atoms with Crippen LogP contribution in [-0.2, 0) is 10.0 Å². The molecular weight excluding hydrogens is 308 g/mol. The zero-order valence-electron chi connectivity index (χ0n) is 12.8. The van der Waals surface area contributed by atoms with Crippen LogP contribution in [0.3, 0.4) is 0 Å². The molecule has 8 heteroatoms. The fourth-order valence-electron chi connectivity index (χ4n) is 2.07. The molecule has 2 heterocycles. The molecule has 2 rings (SSSR count). The van der Waals surface area contributed by atoms with Crippen molar-refractivity contribution in [3.63, 3.8) is 0 Å². The molecule has 0 amide bonds. The molecule has 0 saturated carbocycles. The van der Waals surface area contributed by atoms with Gasteiger partial charge < -0.3 is 5.32 Å². The molecule has 0 saturated heterocycles. The number of fused-ring (bicyclic) bond motifs is 1. The van der Waals surface area contributed by atoms with Gasteiger partial charge in [-0.1, -0.05) is 13.8 Å². The number of thiazole rings is 1. The van der Waals surface area contributed by atoms with Crippen LogP contribution in [0, 0.1) is 0 Å². The third kappa shape index (κ3) is 3.07. The van der Waals surface area contributed by atoms with Crippen LogP contribution in [0.1, 0.15) is 40.5 Å². The molecule has 0 aliphatic carbocycles. The molecule has 0 atom stereocenters. The number of sulfonamides is 1. The first-order chi connectivity index (χ1) is 9.87. The van der Waals surface area contributed by atoms with Gasteiger partial charge in [-0.2, -0.15) is 0 Å². The number of hydrogen-bond acceptors (Lipinski definition) is 5. The molecule has 0 aliphatic rings. The van der Waals surface area contributed by atoms with Crippen molar-refractivity contribution in [2.75, 3.05) is 11.9 Å². The molecule has 0 bridgehead atoms. The molecule has 0 aliphatic heterocycles. The van der Waals surface area contributed by atoms with Crippen molar-refractivity contribution in [3.8, 4) is 0 Å². The molecule has 118 valence electrons. The summed E-state index contributed by atoms with van der Waals surface area (Å²) in [5.74, 6) is 0.409. The first-order valence-electron chi connectivity index (χ1n) is 7.10. The number of hydrogen-bond donors (Lipinski definition) is 2. The van der Waals surface area contributed by atoms with E-state index in [-0.39, 0.29) is 5.03 Å². The minimum absolute atomic E-state index is 0.189. The topological polar surface area (TPSA) is 75.5 Å². The maximum absolute atomic E-state index is 12.8. The van der Waals surface area contributed by atoms with Crippen LogP contribution in [0.25, 0.3) is 4.96 Å². The van der Waals surface area contributed by atoms with E-state index >= 15 is 0 Å². The second-order valence-electron chi connectivity index (χ2n) is 5.22. The summed E-state index contributed by atoms with van der Waals surface area (Å²) in [7, 11) is -3.65. The van der Waals surface area contributed by atoms with Crippen molar-refractivity contribution in [3.05, 3.63) is 11.6 Å². The second-order valence-corrected chi connectivity index (χ2v) is 7.70. The van der Waals surface area contributed by atoms with E-state index in [4.69, 9.17) is 0 Å². The minimum atomic E-state index is -3.65. The summed E-state index contributed by atoms with van der Waals surface area (Å²) in [6.07, 6.45) is 3.19. The van der Waals surface area contributed by atoms with Gasteiger partial charge in [-0.05, 0) is 26.7 Å². The summed E-state index contributed by atoms with van der Waals surface area (Å²) in [6.45, 7) is 8.41. The highest BCUT2D eigenvalue weighted by molar-refractivity contribution is 7.89. The van der Waals surface area contributed by atoms with Crippen LogP contribution in [0.5, 0.6) is 0 Å². The summed E-state index contributed by atoms with van der Waals surface area (Å²) in [6, 6.07) is 0. The van der Waals surface area contributed by atoms with Crippen LogP contribution < -0.4 is 10.0 Å². The number of anilines is 1. The van der Waals surface area contributed by atoms with E-state index in [1.165, 1.54) is 11.3 Å². The van der Waals surface area contributed by atoms with Crippen molar-refractivity contribution >= 4 is 32.1 Å². The first-order valence-corrected chi connectivity index (χ1v) is 9.46. The van der Waals surface area contributed by atoms with Gasteiger partial charge in [0, 0.05) is 23.7 Å². The van der Waals surface area contributed by atoms with E-state index in [0.717, 1.165) is 12.8 Å². The van der Waals surface area contributed by atoms with Gasteiger partial charge in [0.25, 0.3) is 10.0 Å². The molecule has 0 radical (unpaired) electrons. The SMILES string of the molecule is CCNc1nc2sccn2c1S(=O)(=O)NC(C)(CC)CC. The lowest BCUT2D eigenvalue weighted by atomic mass is 9.98. The quantitative estimate of drug-likeness (QED) is 0.818. The predicted molar refractivity (Wildman–Crippen MR) is 86.5 cm³/mol. The maximum atomic E-state index is 12.8. The lowest BCUT2D eigenvalue weighted by Gasteiger charge is -2.27. The molecule has 6 nitrogen and oxygen atoms in total. The fraction of sp³-hybridized carbons (Fsp3) is 0.615. The number of aromatic nitrogens is 2. The van der Waals surface area contributed by atoms with Crippen LogP contribution in [0.4, 0.5) is 5.82 Å². The van der Waals surface area contributed by atoms with E-state index in [1.54, 1.807) is 10.6 Å². The third-order valence-corrected chi connectivity index (χ3v) is 6.18. The van der Waals surface area contributed by atoms with Gasteiger partial charge in [0.1, 0.15) is 0 Å². The van der Waals surface area contributed by atoms with E-state index in [2.05, 4.69) is 15.0 Å². The average Bonchev–Trinajstić information content (AvgIpc) is 2.98. The van der Waals surface area contributed by atoms with Crippen LogP contribution in [0.15, 0.2) is 16.6 Å². The first kappa shape index (κ1) is 16.3. The Bertz CT molecular complexity index is 714. The van der Waals surface area contributed by atoms with Gasteiger partial charge in [0.2, 0.25) is 0 Å². The highest BCUT2D eigenvalue weighted by Gasteiger charge is 2.32. The summed E-state index contributed by atoms with van der Waals surface area (Å²) in [5.41, 5.74) is -0.456. The van der Waals surface area contributed by atoms with Crippen LogP contribution in [0.2, 0.25) is 0 Å². The lowest BCUT2D eigenvalue weighted by molar-refractivity contribution is 0.388. The zero-order valence-corrected chi connectivity index (χ0v) is 14.4. The van der Waals surface area contributed by atoms with Gasteiger partial charge in [0.05, 0.1) is 0 Å². The molecule has 2 aromatic heterocycles. The Morgan fingerprint density at radius 1 is 1.33 bits per heavy atom. The molecule has 2 aromatic rings. The predicted octanol–water partition coefficient (Wildman–Crippen LogP) is 2.68. The smallest absolute Gasteiger partial charge is 0.260 e.